The summed E-state index contributed by atoms with van der Waals surface area (Å²) < 4.78 is 0. The molecule has 0 spiro atoms. The van der Waals surface area contributed by atoms with Gasteiger partial charge >= 0.3 is 0 Å². The molecule has 0 aromatic heterocycles. The van der Waals surface area contributed by atoms with E-state index < -0.39 is 0 Å². The molecule has 2 aliphatic rings. The summed E-state index contributed by atoms with van der Waals surface area (Å²) in [6.45, 7) is 8.45. The van der Waals surface area contributed by atoms with E-state index in [9.17, 15) is 9.59 Å². The van der Waals surface area contributed by atoms with E-state index in [0.717, 1.165) is 45.4 Å². The van der Waals surface area contributed by atoms with E-state index in [4.69, 9.17) is 0 Å². The highest BCUT2D eigenvalue weighted by molar-refractivity contribution is 5.78. The molecule has 1 saturated carbocycles. The molecule has 3 rings (SSSR count). The molecule has 1 aliphatic heterocycles. The van der Waals surface area contributed by atoms with Crippen LogP contribution in [0.2, 0.25) is 0 Å². The number of amides is 2. The van der Waals surface area contributed by atoms with Gasteiger partial charge in [0.1, 0.15) is 0 Å². The lowest BCUT2D eigenvalue weighted by atomic mass is 9.94. The minimum absolute atomic E-state index is 0.0618. The average Bonchev–Trinajstić information content (AvgIpc) is 3.26. The van der Waals surface area contributed by atoms with E-state index in [2.05, 4.69) is 46.3 Å². The number of hydrogen-bond donors (Lipinski definition) is 1. The van der Waals surface area contributed by atoms with Gasteiger partial charge in [-0.1, -0.05) is 37.1 Å². The fourth-order valence-corrected chi connectivity index (χ4v) is 5.00. The van der Waals surface area contributed by atoms with Crippen LogP contribution in [0.15, 0.2) is 24.3 Å². The summed E-state index contributed by atoms with van der Waals surface area (Å²) >= 11 is 0. The maximum atomic E-state index is 12.9. The molecular weight excluding hydrogens is 374 g/mol. The molecule has 0 unspecified atom stereocenters. The molecule has 0 bridgehead atoms. The molecule has 0 radical (unpaired) electrons. The monoisotopic (exact) mass is 413 g/mol. The molecule has 5 heteroatoms. The standard InChI is InChI=1S/C25H39N3O2/c1-20-7-3-4-8-23(20)14-18-27-16-12-22(13-17-27)19-28(24-9-5-6-10-24)25(30)11-15-26-21(2)29/h3-4,7-8,22,24H,5-6,9-19H2,1-2H3,(H,26,29). The Morgan fingerprint density at radius 3 is 2.47 bits per heavy atom. The maximum absolute atomic E-state index is 12.9. The van der Waals surface area contributed by atoms with Gasteiger partial charge in [0.25, 0.3) is 0 Å². The van der Waals surface area contributed by atoms with Crippen molar-refractivity contribution < 1.29 is 9.59 Å². The number of carbonyl (C=O) groups is 2. The fraction of sp³-hybridized carbons (Fsp3) is 0.680. The van der Waals surface area contributed by atoms with Gasteiger partial charge in [-0.05, 0) is 69.2 Å². The van der Waals surface area contributed by atoms with Crippen molar-refractivity contribution in [1.82, 2.24) is 15.1 Å². The van der Waals surface area contributed by atoms with Crippen LogP contribution in [0.3, 0.4) is 0 Å². The summed E-state index contributed by atoms with van der Waals surface area (Å²) in [5.74, 6) is 0.760. The minimum Gasteiger partial charge on any atom is -0.356 e. The average molecular weight is 414 g/mol. The van der Waals surface area contributed by atoms with Gasteiger partial charge < -0.3 is 15.1 Å². The van der Waals surface area contributed by atoms with Gasteiger partial charge in [-0.3, -0.25) is 9.59 Å². The molecule has 0 atom stereocenters. The summed E-state index contributed by atoms with van der Waals surface area (Å²) in [5, 5.41) is 2.77. The van der Waals surface area contributed by atoms with Crippen LogP contribution in [-0.2, 0) is 16.0 Å². The van der Waals surface area contributed by atoms with Crippen molar-refractivity contribution in [3.8, 4) is 0 Å². The van der Waals surface area contributed by atoms with Crippen LogP contribution < -0.4 is 5.32 Å². The molecule has 2 fully saturated rings. The quantitative estimate of drug-likeness (QED) is 0.674. The zero-order valence-electron chi connectivity index (χ0n) is 18.9. The van der Waals surface area contributed by atoms with Gasteiger partial charge in [-0.2, -0.15) is 0 Å². The SMILES string of the molecule is CC(=O)NCCC(=O)N(CC1CCN(CCc2ccccc2C)CC1)C1CCCC1. The van der Waals surface area contributed by atoms with Gasteiger partial charge in [-0.25, -0.2) is 0 Å². The third-order valence-corrected chi connectivity index (χ3v) is 6.92. The lowest BCUT2D eigenvalue weighted by Gasteiger charge is -2.37. The van der Waals surface area contributed by atoms with Gasteiger partial charge in [0.15, 0.2) is 0 Å². The number of rotatable bonds is 9. The minimum atomic E-state index is -0.0618. The molecule has 1 aromatic rings. The Kier molecular flexibility index (Phi) is 8.74. The largest absolute Gasteiger partial charge is 0.356 e. The lowest BCUT2D eigenvalue weighted by molar-refractivity contribution is -0.134. The molecule has 1 aliphatic carbocycles. The number of aryl methyl sites for hydroxylation is 1. The Bertz CT molecular complexity index is 691. The van der Waals surface area contributed by atoms with E-state index in [-0.39, 0.29) is 11.8 Å². The van der Waals surface area contributed by atoms with Crippen LogP contribution >= 0.6 is 0 Å². The Balaban J connectivity index is 1.46. The molecule has 2 amide bonds. The molecule has 166 valence electrons. The zero-order chi connectivity index (χ0) is 21.3. The van der Waals surface area contributed by atoms with Crippen molar-refractivity contribution in [1.29, 1.82) is 0 Å². The van der Waals surface area contributed by atoms with Gasteiger partial charge in [0.2, 0.25) is 11.8 Å². The van der Waals surface area contributed by atoms with Crippen molar-refractivity contribution >= 4 is 11.8 Å². The number of likely N-dealkylation sites (tertiary alicyclic amines) is 1. The number of nitrogens with one attached hydrogen (secondary N) is 1. The van der Waals surface area contributed by atoms with Crippen molar-refractivity contribution in [2.24, 2.45) is 5.92 Å². The van der Waals surface area contributed by atoms with Crippen LogP contribution in [0.5, 0.6) is 0 Å². The highest BCUT2D eigenvalue weighted by atomic mass is 16.2. The van der Waals surface area contributed by atoms with Crippen molar-refractivity contribution in [2.45, 2.75) is 71.3 Å². The van der Waals surface area contributed by atoms with Crippen molar-refractivity contribution in [3.63, 3.8) is 0 Å². The van der Waals surface area contributed by atoms with E-state index in [1.165, 1.54) is 43.7 Å². The number of nitrogens with zero attached hydrogens (tertiary/aromatic N) is 2. The number of carbonyl (C=O) groups excluding carboxylic acids is 2. The Hall–Kier alpha value is -1.88. The topological polar surface area (TPSA) is 52.7 Å². The molecule has 5 nitrogen and oxygen atoms in total. The Morgan fingerprint density at radius 2 is 1.80 bits per heavy atom. The van der Waals surface area contributed by atoms with E-state index in [1.807, 2.05) is 0 Å². The van der Waals surface area contributed by atoms with Crippen molar-refractivity contribution in [3.05, 3.63) is 35.4 Å². The molecule has 1 saturated heterocycles. The summed E-state index contributed by atoms with van der Waals surface area (Å²) in [7, 11) is 0. The number of benzene rings is 1. The summed E-state index contributed by atoms with van der Waals surface area (Å²) in [6, 6.07) is 9.09. The number of hydrogen-bond acceptors (Lipinski definition) is 3. The molecule has 1 N–H and O–H groups in total. The molecule has 1 heterocycles. The zero-order valence-corrected chi connectivity index (χ0v) is 18.9. The van der Waals surface area contributed by atoms with Gasteiger partial charge in [0.05, 0.1) is 0 Å². The van der Waals surface area contributed by atoms with Crippen LogP contribution in [-0.4, -0.2) is 60.4 Å². The van der Waals surface area contributed by atoms with E-state index >= 15 is 0 Å². The second-order valence-electron chi connectivity index (χ2n) is 9.18. The third-order valence-electron chi connectivity index (χ3n) is 6.92. The molecule has 1 aromatic carbocycles. The normalized spacial score (nSPS) is 18.5. The van der Waals surface area contributed by atoms with Gasteiger partial charge in [-0.15, -0.1) is 0 Å². The first-order valence-electron chi connectivity index (χ1n) is 11.8. The Morgan fingerprint density at radius 1 is 1.10 bits per heavy atom. The predicted octanol–water partition coefficient (Wildman–Crippen LogP) is 3.55. The van der Waals surface area contributed by atoms with Crippen LogP contribution in [0.4, 0.5) is 0 Å². The Labute approximate surface area is 182 Å². The van der Waals surface area contributed by atoms with E-state index in [1.54, 1.807) is 0 Å². The summed E-state index contributed by atoms with van der Waals surface area (Å²) in [4.78, 5) is 28.8. The first-order chi connectivity index (χ1) is 14.5. The lowest BCUT2D eigenvalue weighted by Crippen LogP contribution is -2.45. The summed E-state index contributed by atoms with van der Waals surface area (Å²) in [6.07, 6.45) is 8.64. The van der Waals surface area contributed by atoms with Crippen LogP contribution in [0, 0.1) is 12.8 Å². The smallest absolute Gasteiger partial charge is 0.224 e. The highest BCUT2D eigenvalue weighted by Crippen LogP contribution is 2.27. The third kappa shape index (κ3) is 6.83. The van der Waals surface area contributed by atoms with Crippen LogP contribution in [0.1, 0.15) is 63.0 Å². The summed E-state index contributed by atoms with van der Waals surface area (Å²) in [5.41, 5.74) is 2.84. The maximum Gasteiger partial charge on any atom is 0.224 e. The molecule has 30 heavy (non-hydrogen) atoms. The predicted molar refractivity (Wildman–Crippen MR) is 121 cm³/mol. The van der Waals surface area contributed by atoms with Gasteiger partial charge in [0, 0.05) is 39.0 Å². The van der Waals surface area contributed by atoms with E-state index in [0.29, 0.717) is 24.9 Å². The number of piperidine rings is 1. The highest BCUT2D eigenvalue weighted by Gasteiger charge is 2.30. The first-order valence-corrected chi connectivity index (χ1v) is 11.8. The molecular formula is C25H39N3O2. The first kappa shape index (κ1) is 22.8. The second-order valence-corrected chi connectivity index (χ2v) is 9.18. The van der Waals surface area contributed by atoms with Crippen molar-refractivity contribution in [2.75, 3.05) is 32.7 Å². The fourth-order valence-electron chi connectivity index (χ4n) is 5.00. The second kappa shape index (κ2) is 11.5. The van der Waals surface area contributed by atoms with Crippen LogP contribution in [0.25, 0.3) is 0 Å².